The third-order valence-electron chi connectivity index (χ3n) is 7.08. The Morgan fingerprint density at radius 2 is 1.92 bits per heavy atom. The molecule has 0 saturated carbocycles. The number of aryl methyl sites for hydroxylation is 3. The van der Waals surface area contributed by atoms with E-state index in [1.165, 1.54) is 16.7 Å². The molecule has 0 aliphatic rings. The first-order valence-corrected chi connectivity index (χ1v) is 13.1. The number of fused-ring (bicyclic) bond motifs is 1. The van der Waals surface area contributed by atoms with E-state index in [2.05, 4.69) is 82.6 Å². The van der Waals surface area contributed by atoms with E-state index in [9.17, 15) is 4.79 Å². The summed E-state index contributed by atoms with van der Waals surface area (Å²) in [7, 11) is 0. The molecule has 0 bridgehead atoms. The van der Waals surface area contributed by atoms with Gasteiger partial charge in [0.25, 0.3) is 5.56 Å². The van der Waals surface area contributed by atoms with Crippen LogP contribution in [0.1, 0.15) is 58.8 Å². The molecule has 1 atom stereocenters. The minimum atomic E-state index is -0.0842. The van der Waals surface area contributed by atoms with Gasteiger partial charge in [0.2, 0.25) is 0 Å². The summed E-state index contributed by atoms with van der Waals surface area (Å²) in [5.74, 6) is 1.55. The SMILES string of the molecule is CC[C@H](c1nnnn1Cc1ccco1)N(CCc1cccc(C)c1)Cc1cc2cc(C)cc(C)c2[nH]c1=O. The number of rotatable bonds is 10. The fourth-order valence-electron chi connectivity index (χ4n) is 5.27. The van der Waals surface area contributed by atoms with Gasteiger partial charge in [-0.25, -0.2) is 4.68 Å². The number of H-pyrrole nitrogens is 1. The van der Waals surface area contributed by atoms with Gasteiger partial charge < -0.3 is 9.40 Å². The van der Waals surface area contributed by atoms with Crippen molar-refractivity contribution in [2.45, 2.75) is 59.7 Å². The van der Waals surface area contributed by atoms with Crippen molar-refractivity contribution >= 4 is 10.9 Å². The maximum absolute atomic E-state index is 13.3. The Hall–Kier alpha value is -4.04. The van der Waals surface area contributed by atoms with E-state index in [1.807, 2.05) is 25.1 Å². The van der Waals surface area contributed by atoms with Crippen molar-refractivity contribution in [1.82, 2.24) is 30.1 Å². The summed E-state index contributed by atoms with van der Waals surface area (Å²) in [4.78, 5) is 18.7. The van der Waals surface area contributed by atoms with Crippen molar-refractivity contribution < 1.29 is 4.42 Å². The van der Waals surface area contributed by atoms with Crippen LogP contribution in [-0.4, -0.2) is 36.6 Å². The molecule has 0 fully saturated rings. The molecule has 0 amide bonds. The Labute approximate surface area is 222 Å². The van der Waals surface area contributed by atoms with E-state index < -0.39 is 0 Å². The quantitative estimate of drug-likeness (QED) is 0.275. The molecule has 8 nitrogen and oxygen atoms in total. The lowest BCUT2D eigenvalue weighted by Crippen LogP contribution is -2.34. The topological polar surface area (TPSA) is 92.8 Å². The lowest BCUT2D eigenvalue weighted by molar-refractivity contribution is 0.172. The van der Waals surface area contributed by atoms with Gasteiger partial charge in [0.05, 0.1) is 17.8 Å². The Balaban J connectivity index is 1.50. The highest BCUT2D eigenvalue weighted by Crippen LogP contribution is 2.26. The zero-order valence-electron chi connectivity index (χ0n) is 22.4. The van der Waals surface area contributed by atoms with E-state index in [0.717, 1.165) is 53.0 Å². The number of aromatic nitrogens is 5. The molecule has 8 heteroatoms. The molecule has 0 saturated heterocycles. The zero-order valence-corrected chi connectivity index (χ0v) is 22.4. The van der Waals surface area contributed by atoms with Crippen LogP contribution in [0.4, 0.5) is 0 Å². The van der Waals surface area contributed by atoms with Crippen LogP contribution in [0.15, 0.2) is 70.1 Å². The molecule has 0 radical (unpaired) electrons. The van der Waals surface area contributed by atoms with Gasteiger partial charge in [0.15, 0.2) is 5.82 Å². The number of hydrogen-bond acceptors (Lipinski definition) is 6. The van der Waals surface area contributed by atoms with E-state index in [0.29, 0.717) is 13.1 Å². The molecule has 2 aromatic carbocycles. The van der Waals surface area contributed by atoms with Crippen LogP contribution in [0.2, 0.25) is 0 Å². The first-order chi connectivity index (χ1) is 18.4. The summed E-state index contributed by atoms with van der Waals surface area (Å²) in [5.41, 5.74) is 6.31. The lowest BCUT2D eigenvalue weighted by Gasteiger charge is -2.30. The molecule has 0 aliphatic heterocycles. The minimum Gasteiger partial charge on any atom is -0.467 e. The van der Waals surface area contributed by atoms with Crippen molar-refractivity contribution in [3.63, 3.8) is 0 Å². The first-order valence-electron chi connectivity index (χ1n) is 13.1. The number of hydrogen-bond donors (Lipinski definition) is 1. The summed E-state index contributed by atoms with van der Waals surface area (Å²) < 4.78 is 7.34. The molecule has 5 aromatic rings. The average Bonchev–Trinajstić information content (AvgIpc) is 3.57. The molecule has 0 unspecified atom stereocenters. The van der Waals surface area contributed by atoms with Crippen molar-refractivity contribution in [2.75, 3.05) is 6.54 Å². The number of aromatic amines is 1. The van der Waals surface area contributed by atoms with E-state index in [1.54, 1.807) is 10.9 Å². The maximum Gasteiger partial charge on any atom is 0.252 e. The molecular weight excluding hydrogens is 476 g/mol. The van der Waals surface area contributed by atoms with Gasteiger partial charge in [0.1, 0.15) is 12.3 Å². The smallest absolute Gasteiger partial charge is 0.252 e. The van der Waals surface area contributed by atoms with Crippen LogP contribution < -0.4 is 5.56 Å². The van der Waals surface area contributed by atoms with Gasteiger partial charge in [-0.3, -0.25) is 9.69 Å². The van der Waals surface area contributed by atoms with E-state index in [-0.39, 0.29) is 11.6 Å². The van der Waals surface area contributed by atoms with Crippen molar-refractivity contribution in [3.05, 3.63) is 111 Å². The van der Waals surface area contributed by atoms with Gasteiger partial charge in [0, 0.05) is 18.7 Å². The van der Waals surface area contributed by atoms with Crippen LogP contribution in [0.5, 0.6) is 0 Å². The monoisotopic (exact) mass is 510 g/mol. The van der Waals surface area contributed by atoms with E-state index >= 15 is 0 Å². The Morgan fingerprint density at radius 3 is 2.68 bits per heavy atom. The Bertz CT molecular complexity index is 1580. The third-order valence-corrected chi connectivity index (χ3v) is 7.08. The van der Waals surface area contributed by atoms with Gasteiger partial charge in [-0.15, -0.1) is 5.10 Å². The van der Waals surface area contributed by atoms with Crippen molar-refractivity contribution in [2.24, 2.45) is 0 Å². The van der Waals surface area contributed by atoms with Crippen LogP contribution >= 0.6 is 0 Å². The number of benzene rings is 2. The van der Waals surface area contributed by atoms with Gasteiger partial charge >= 0.3 is 0 Å². The molecular formula is C30H34N6O2. The number of nitrogens with one attached hydrogen (secondary N) is 1. The van der Waals surface area contributed by atoms with Crippen LogP contribution in [0.25, 0.3) is 10.9 Å². The molecule has 5 rings (SSSR count). The van der Waals surface area contributed by atoms with Crippen molar-refractivity contribution in [3.8, 4) is 0 Å². The number of pyridine rings is 1. The lowest BCUT2D eigenvalue weighted by atomic mass is 10.0. The second-order valence-corrected chi connectivity index (χ2v) is 10.1. The first kappa shape index (κ1) is 25.6. The molecule has 0 aliphatic carbocycles. The predicted octanol–water partition coefficient (Wildman–Crippen LogP) is 5.28. The number of nitrogens with zero attached hydrogens (tertiary/aromatic N) is 5. The molecule has 1 N–H and O–H groups in total. The van der Waals surface area contributed by atoms with Crippen molar-refractivity contribution in [1.29, 1.82) is 0 Å². The highest BCUT2D eigenvalue weighted by Gasteiger charge is 2.26. The summed E-state index contributed by atoms with van der Waals surface area (Å²) in [6, 6.07) is 18.5. The second kappa shape index (κ2) is 11.1. The van der Waals surface area contributed by atoms with Gasteiger partial charge in [-0.05, 0) is 84.8 Å². The average molecular weight is 511 g/mol. The molecule has 3 aromatic heterocycles. The third kappa shape index (κ3) is 5.60. The van der Waals surface area contributed by atoms with Gasteiger partial charge in [-0.1, -0.05) is 48.4 Å². The summed E-state index contributed by atoms with van der Waals surface area (Å²) >= 11 is 0. The fraction of sp³-hybridized carbons (Fsp3) is 0.333. The minimum absolute atomic E-state index is 0.0601. The Kier molecular flexibility index (Phi) is 7.51. The maximum atomic E-state index is 13.3. The Morgan fingerprint density at radius 1 is 1.05 bits per heavy atom. The van der Waals surface area contributed by atoms with Crippen LogP contribution in [0, 0.1) is 20.8 Å². The molecule has 196 valence electrons. The summed E-state index contributed by atoms with van der Waals surface area (Å²) in [5, 5.41) is 13.7. The largest absolute Gasteiger partial charge is 0.467 e. The number of tetrazole rings is 1. The fourth-order valence-corrected chi connectivity index (χ4v) is 5.27. The summed E-state index contributed by atoms with van der Waals surface area (Å²) in [6.07, 6.45) is 3.29. The highest BCUT2D eigenvalue weighted by molar-refractivity contribution is 5.82. The zero-order chi connectivity index (χ0) is 26.6. The second-order valence-electron chi connectivity index (χ2n) is 10.1. The molecule has 38 heavy (non-hydrogen) atoms. The number of furan rings is 1. The van der Waals surface area contributed by atoms with Crippen LogP contribution in [-0.2, 0) is 19.5 Å². The summed E-state index contributed by atoms with van der Waals surface area (Å²) in [6.45, 7) is 10.0. The molecule has 3 heterocycles. The van der Waals surface area contributed by atoms with E-state index in [4.69, 9.17) is 4.42 Å². The predicted molar refractivity (Wildman–Crippen MR) is 148 cm³/mol. The molecule has 0 spiro atoms. The highest BCUT2D eigenvalue weighted by atomic mass is 16.3. The van der Waals surface area contributed by atoms with Crippen LogP contribution in [0.3, 0.4) is 0 Å². The normalized spacial score (nSPS) is 12.4. The standard InChI is InChI=1S/C30H34N6O2/c1-5-27(29-32-33-34-36(29)19-26-10-7-13-38-26)35(12-11-23-9-6-8-20(2)15-23)18-25-17-24-16-21(3)14-22(4)28(24)31-30(25)37/h6-10,13-17,27H,5,11-12,18-19H2,1-4H3,(H,31,37)/t27-/m1/s1. The van der Waals surface area contributed by atoms with Gasteiger partial charge in [-0.2, -0.15) is 0 Å².